The van der Waals surface area contributed by atoms with Crippen molar-refractivity contribution < 1.29 is 4.42 Å². The third kappa shape index (κ3) is 4.19. The van der Waals surface area contributed by atoms with Crippen molar-refractivity contribution in [3.63, 3.8) is 0 Å². The van der Waals surface area contributed by atoms with Crippen molar-refractivity contribution >= 4 is 98.6 Å². The summed E-state index contributed by atoms with van der Waals surface area (Å²) in [7, 11) is 0. The van der Waals surface area contributed by atoms with E-state index in [1.807, 2.05) is 6.07 Å². The van der Waals surface area contributed by atoms with Crippen LogP contribution in [0.4, 0.5) is 17.1 Å². The van der Waals surface area contributed by atoms with Gasteiger partial charge in [-0.05, 0) is 82.9 Å². The van der Waals surface area contributed by atoms with E-state index in [1.54, 1.807) is 11.3 Å². The Morgan fingerprint density at radius 2 is 1.23 bits per heavy atom. The maximum Gasteiger partial charge on any atom is 0.137 e. The van der Waals surface area contributed by atoms with Crippen LogP contribution in [-0.4, -0.2) is 9.38 Å². The molecule has 12 aromatic rings. The van der Waals surface area contributed by atoms with Crippen molar-refractivity contribution in [3.05, 3.63) is 175 Å². The van der Waals surface area contributed by atoms with Gasteiger partial charge in [0.25, 0.3) is 0 Å². The molecule has 57 heavy (non-hydrogen) atoms. The van der Waals surface area contributed by atoms with Crippen LogP contribution in [0.25, 0.3) is 91.9 Å². The molecule has 5 heteroatoms. The number of hydrogen-bond acceptors (Lipinski definition) is 4. The zero-order valence-electron chi connectivity index (χ0n) is 31.2. The third-order valence-corrected chi connectivity index (χ3v) is 13.7. The number of rotatable bonds is 4. The van der Waals surface area contributed by atoms with E-state index >= 15 is 0 Å². The van der Waals surface area contributed by atoms with E-state index < -0.39 is 0 Å². The molecule has 0 saturated carbocycles. The Morgan fingerprint density at radius 3 is 2.14 bits per heavy atom. The molecule has 0 N–H and O–H groups in total. The number of hydrogen-bond donors (Lipinski definition) is 0. The van der Waals surface area contributed by atoms with Gasteiger partial charge in [0.05, 0.1) is 26.8 Å². The fraction of sp³-hybridized carbons (Fsp3) is 0.0577. The highest BCUT2D eigenvalue weighted by molar-refractivity contribution is 7.22. The number of benzene rings is 8. The molecule has 0 aliphatic heterocycles. The monoisotopic (exact) mass is 747 g/mol. The molecule has 0 saturated heterocycles. The molecule has 4 aromatic heterocycles. The molecule has 0 fully saturated rings. The lowest BCUT2D eigenvalue weighted by atomic mass is 9.82. The minimum atomic E-state index is -0.133. The van der Waals surface area contributed by atoms with Gasteiger partial charge in [0.1, 0.15) is 16.2 Å². The minimum Gasteiger partial charge on any atom is -0.456 e. The van der Waals surface area contributed by atoms with Crippen LogP contribution in [0.1, 0.15) is 25.0 Å². The quantitative estimate of drug-likeness (QED) is 0.180. The first-order valence-electron chi connectivity index (χ1n) is 19.5. The smallest absolute Gasteiger partial charge is 0.137 e. The fourth-order valence-electron chi connectivity index (χ4n) is 9.90. The maximum absolute atomic E-state index is 6.49. The largest absolute Gasteiger partial charge is 0.456 e. The standard InChI is InChI=1S/C52H33N3OS/c1-52(2)41-17-9-6-14-34(41)35-23-20-32(27-42(35)52)54(33-21-24-37-36-15-8-11-19-46(36)56-47(37)28-33)31-22-25-45-39(26-31)40-29-43-50(57-51(53-43)30-12-4-3-5-13-30)48-38-16-7-10-18-44(38)55(45)49(40)48/h3-29H,1-2H3. The second-order valence-corrected chi connectivity index (χ2v) is 16.9. The Kier molecular flexibility index (Phi) is 6.09. The van der Waals surface area contributed by atoms with E-state index in [2.05, 4.69) is 181 Å². The van der Waals surface area contributed by atoms with Crippen LogP contribution in [0.5, 0.6) is 0 Å². The molecular weight excluding hydrogens is 715 g/mol. The van der Waals surface area contributed by atoms with E-state index in [9.17, 15) is 0 Å². The Balaban J connectivity index is 1.08. The zero-order valence-corrected chi connectivity index (χ0v) is 32.1. The van der Waals surface area contributed by atoms with Gasteiger partial charge in [-0.25, -0.2) is 4.98 Å². The normalized spacial score (nSPS) is 13.6. The van der Waals surface area contributed by atoms with Crippen molar-refractivity contribution in [2.24, 2.45) is 0 Å². The van der Waals surface area contributed by atoms with Crippen LogP contribution in [0, 0.1) is 0 Å². The Bertz CT molecular complexity index is 3630. The molecule has 4 heterocycles. The highest BCUT2D eigenvalue weighted by Crippen LogP contribution is 2.52. The van der Waals surface area contributed by atoms with Gasteiger partial charge in [-0.1, -0.05) is 111 Å². The van der Waals surface area contributed by atoms with E-state index in [1.165, 1.54) is 65.0 Å². The molecule has 268 valence electrons. The van der Waals surface area contributed by atoms with Gasteiger partial charge < -0.3 is 13.7 Å². The molecule has 0 spiro atoms. The van der Waals surface area contributed by atoms with Crippen LogP contribution in [0.2, 0.25) is 0 Å². The number of fused-ring (bicyclic) bond motifs is 14. The van der Waals surface area contributed by atoms with Crippen molar-refractivity contribution in [1.29, 1.82) is 0 Å². The number of nitrogens with zero attached hydrogens (tertiary/aromatic N) is 3. The molecule has 0 bridgehead atoms. The van der Waals surface area contributed by atoms with E-state index in [4.69, 9.17) is 9.40 Å². The summed E-state index contributed by atoms with van der Waals surface area (Å²) in [6.45, 7) is 4.70. The summed E-state index contributed by atoms with van der Waals surface area (Å²) in [5.41, 5.74) is 16.1. The van der Waals surface area contributed by atoms with Gasteiger partial charge >= 0.3 is 0 Å². The number of thiazole rings is 1. The number of anilines is 3. The molecular formula is C52H33N3OS. The summed E-state index contributed by atoms with van der Waals surface area (Å²) in [5, 5.41) is 8.26. The van der Waals surface area contributed by atoms with Gasteiger partial charge in [-0.2, -0.15) is 0 Å². The first-order valence-corrected chi connectivity index (χ1v) is 20.4. The van der Waals surface area contributed by atoms with Gasteiger partial charge in [0.15, 0.2) is 0 Å². The Labute approximate surface area is 331 Å². The Hall–Kier alpha value is -6.95. The molecule has 0 amide bonds. The fourth-order valence-corrected chi connectivity index (χ4v) is 11.0. The van der Waals surface area contributed by atoms with Crippen LogP contribution in [0.15, 0.2) is 168 Å². The van der Waals surface area contributed by atoms with Crippen molar-refractivity contribution in [3.8, 4) is 21.7 Å². The van der Waals surface area contributed by atoms with Gasteiger partial charge in [0.2, 0.25) is 0 Å². The summed E-state index contributed by atoms with van der Waals surface area (Å²) >= 11 is 1.79. The number of para-hydroxylation sites is 2. The summed E-state index contributed by atoms with van der Waals surface area (Å²) in [6, 6.07) is 59.5. The molecule has 13 rings (SSSR count). The molecule has 1 aliphatic carbocycles. The SMILES string of the molecule is CC1(C)c2ccccc2-c2ccc(N(c3ccc4c(c3)oc3ccccc34)c3ccc4c(c3)c3cc5nc(-c6ccccc6)sc5c5c6ccccc6n4c35)cc21. The summed E-state index contributed by atoms with van der Waals surface area (Å²) < 4.78 is 10.2. The maximum atomic E-state index is 6.49. The van der Waals surface area contributed by atoms with Crippen molar-refractivity contribution in [1.82, 2.24) is 9.38 Å². The summed E-state index contributed by atoms with van der Waals surface area (Å²) in [6.07, 6.45) is 0. The zero-order chi connectivity index (χ0) is 37.6. The first kappa shape index (κ1) is 31.3. The number of furan rings is 1. The van der Waals surface area contributed by atoms with Gasteiger partial charge in [0, 0.05) is 66.4 Å². The molecule has 0 radical (unpaired) electrons. The van der Waals surface area contributed by atoms with E-state index in [-0.39, 0.29) is 5.41 Å². The van der Waals surface area contributed by atoms with Crippen LogP contribution < -0.4 is 4.90 Å². The van der Waals surface area contributed by atoms with Crippen molar-refractivity contribution in [2.75, 3.05) is 4.90 Å². The molecule has 1 aliphatic rings. The van der Waals surface area contributed by atoms with Crippen LogP contribution in [-0.2, 0) is 5.41 Å². The summed E-state index contributed by atoms with van der Waals surface area (Å²) in [5.74, 6) is 0. The van der Waals surface area contributed by atoms with Gasteiger partial charge in [-0.3, -0.25) is 0 Å². The van der Waals surface area contributed by atoms with E-state index in [0.29, 0.717) is 0 Å². The molecule has 0 unspecified atom stereocenters. The predicted molar refractivity (Wildman–Crippen MR) is 239 cm³/mol. The van der Waals surface area contributed by atoms with E-state index in [0.717, 1.165) is 55.1 Å². The number of aromatic nitrogens is 2. The van der Waals surface area contributed by atoms with Crippen LogP contribution in [0.3, 0.4) is 0 Å². The Morgan fingerprint density at radius 1 is 0.544 bits per heavy atom. The minimum absolute atomic E-state index is 0.133. The predicted octanol–water partition coefficient (Wildman–Crippen LogP) is 14.8. The van der Waals surface area contributed by atoms with Crippen LogP contribution >= 0.6 is 11.3 Å². The van der Waals surface area contributed by atoms with Crippen molar-refractivity contribution in [2.45, 2.75) is 19.3 Å². The average molecular weight is 748 g/mol. The second-order valence-electron chi connectivity index (χ2n) is 15.9. The second kappa shape index (κ2) is 11.1. The molecule has 0 atom stereocenters. The summed E-state index contributed by atoms with van der Waals surface area (Å²) in [4.78, 5) is 7.68. The topological polar surface area (TPSA) is 33.7 Å². The lowest BCUT2D eigenvalue weighted by Gasteiger charge is -2.28. The third-order valence-electron chi connectivity index (χ3n) is 12.5. The lowest BCUT2D eigenvalue weighted by Crippen LogP contribution is -2.16. The molecule has 4 nitrogen and oxygen atoms in total. The lowest BCUT2D eigenvalue weighted by molar-refractivity contribution is 0.660. The first-order chi connectivity index (χ1) is 28.0. The average Bonchev–Trinajstić information content (AvgIpc) is 4.05. The highest BCUT2D eigenvalue weighted by atomic mass is 32.1. The highest BCUT2D eigenvalue weighted by Gasteiger charge is 2.36. The molecule has 8 aromatic carbocycles. The van der Waals surface area contributed by atoms with Gasteiger partial charge in [-0.15, -0.1) is 11.3 Å².